The van der Waals surface area contributed by atoms with Gasteiger partial charge in [0.2, 0.25) is 0 Å². The Morgan fingerprint density at radius 2 is 2.20 bits per heavy atom. The number of ether oxygens (including phenoxy) is 1. The summed E-state index contributed by atoms with van der Waals surface area (Å²) in [6.07, 6.45) is -2.59. The van der Waals surface area contributed by atoms with E-state index in [4.69, 9.17) is 15.6 Å². The summed E-state index contributed by atoms with van der Waals surface area (Å²) in [6, 6.07) is 4.36. The number of nitrogen functional groups attached to an aromatic ring is 1. The third-order valence-corrected chi connectivity index (χ3v) is 2.58. The lowest BCUT2D eigenvalue weighted by atomic mass is 10.1. The molecule has 0 bridgehead atoms. The molecule has 5 nitrogen and oxygen atoms in total. The van der Waals surface area contributed by atoms with Gasteiger partial charge in [0, 0.05) is 12.2 Å². The second-order valence-corrected chi connectivity index (χ2v) is 4.06. The van der Waals surface area contributed by atoms with Crippen LogP contribution in [0.2, 0.25) is 0 Å². The molecule has 20 heavy (non-hydrogen) atoms. The minimum absolute atomic E-state index is 0.0132. The topological polar surface area (TPSA) is 75.8 Å². The molecule has 0 aliphatic heterocycles. The SMILES string of the molecule is CCOC(=O)c1cc(N)ccc1N(CCO)CC(F)F. The van der Waals surface area contributed by atoms with E-state index in [1.807, 2.05) is 0 Å². The Morgan fingerprint density at radius 1 is 1.50 bits per heavy atom. The predicted octanol–water partition coefficient (Wildman–Crippen LogP) is 1.51. The number of alkyl halides is 2. The van der Waals surface area contributed by atoms with Gasteiger partial charge in [-0.1, -0.05) is 0 Å². The van der Waals surface area contributed by atoms with Crippen molar-refractivity contribution in [1.82, 2.24) is 0 Å². The Hall–Kier alpha value is -1.89. The van der Waals surface area contributed by atoms with Gasteiger partial charge in [0.05, 0.1) is 31.0 Å². The summed E-state index contributed by atoms with van der Waals surface area (Å²) in [7, 11) is 0. The number of esters is 1. The van der Waals surface area contributed by atoms with Crippen molar-refractivity contribution in [2.24, 2.45) is 0 Å². The number of carbonyl (C=O) groups excluding carboxylic acids is 1. The zero-order valence-electron chi connectivity index (χ0n) is 11.2. The molecule has 0 aliphatic carbocycles. The van der Waals surface area contributed by atoms with E-state index in [1.54, 1.807) is 6.92 Å². The Morgan fingerprint density at radius 3 is 2.75 bits per heavy atom. The van der Waals surface area contributed by atoms with E-state index >= 15 is 0 Å². The van der Waals surface area contributed by atoms with Crippen LogP contribution in [0.15, 0.2) is 18.2 Å². The molecule has 0 fully saturated rings. The largest absolute Gasteiger partial charge is 0.462 e. The van der Waals surface area contributed by atoms with Crippen LogP contribution in [-0.4, -0.2) is 43.8 Å². The second kappa shape index (κ2) is 7.64. The molecule has 3 N–H and O–H groups in total. The fourth-order valence-electron chi connectivity index (χ4n) is 1.80. The first-order valence-electron chi connectivity index (χ1n) is 6.20. The van der Waals surface area contributed by atoms with Crippen LogP contribution >= 0.6 is 0 Å². The van der Waals surface area contributed by atoms with Crippen LogP contribution in [0.4, 0.5) is 20.2 Å². The lowest BCUT2D eigenvalue weighted by Crippen LogP contribution is -2.33. The van der Waals surface area contributed by atoms with E-state index in [0.29, 0.717) is 5.69 Å². The van der Waals surface area contributed by atoms with E-state index < -0.39 is 18.9 Å². The second-order valence-electron chi connectivity index (χ2n) is 4.06. The third-order valence-electron chi connectivity index (χ3n) is 2.58. The van der Waals surface area contributed by atoms with Crippen molar-refractivity contribution < 1.29 is 23.4 Å². The normalized spacial score (nSPS) is 10.7. The first-order chi connectivity index (χ1) is 9.49. The lowest BCUT2D eigenvalue weighted by molar-refractivity contribution is 0.0526. The van der Waals surface area contributed by atoms with Gasteiger partial charge < -0.3 is 20.5 Å². The van der Waals surface area contributed by atoms with Gasteiger partial charge >= 0.3 is 5.97 Å². The molecule has 112 valence electrons. The summed E-state index contributed by atoms with van der Waals surface area (Å²) in [5, 5.41) is 8.97. The first kappa shape index (κ1) is 16.2. The Balaban J connectivity index is 3.15. The molecule has 1 aromatic rings. The standard InChI is InChI=1S/C13H18F2N2O3/c1-2-20-13(19)10-7-9(16)3-4-11(10)17(5-6-18)8-12(14)15/h3-4,7,12,18H,2,5-6,8,16H2,1H3. The van der Waals surface area contributed by atoms with Crippen molar-refractivity contribution in [3.63, 3.8) is 0 Å². The highest BCUT2D eigenvalue weighted by Crippen LogP contribution is 2.24. The van der Waals surface area contributed by atoms with Crippen LogP contribution in [0.25, 0.3) is 0 Å². The van der Waals surface area contributed by atoms with E-state index in [1.165, 1.54) is 23.1 Å². The average Bonchev–Trinajstić information content (AvgIpc) is 2.38. The molecule has 0 unspecified atom stereocenters. The fourth-order valence-corrected chi connectivity index (χ4v) is 1.80. The lowest BCUT2D eigenvalue weighted by Gasteiger charge is -2.25. The minimum Gasteiger partial charge on any atom is -0.462 e. The van der Waals surface area contributed by atoms with Crippen molar-refractivity contribution in [1.29, 1.82) is 0 Å². The van der Waals surface area contributed by atoms with Gasteiger partial charge in [-0.3, -0.25) is 0 Å². The summed E-state index contributed by atoms with van der Waals surface area (Å²) in [5.41, 5.74) is 6.33. The fraction of sp³-hybridized carbons (Fsp3) is 0.462. The number of carbonyl (C=O) groups is 1. The highest BCUT2D eigenvalue weighted by Gasteiger charge is 2.20. The number of aliphatic hydroxyl groups excluding tert-OH is 1. The van der Waals surface area contributed by atoms with Crippen LogP contribution in [-0.2, 0) is 4.74 Å². The minimum atomic E-state index is -2.59. The van der Waals surface area contributed by atoms with Gasteiger partial charge in [-0.2, -0.15) is 0 Å². The van der Waals surface area contributed by atoms with Crippen molar-refractivity contribution >= 4 is 17.3 Å². The molecule has 0 aliphatic rings. The highest BCUT2D eigenvalue weighted by atomic mass is 19.3. The average molecular weight is 288 g/mol. The summed E-state index contributed by atoms with van der Waals surface area (Å²) in [4.78, 5) is 13.1. The molecule has 1 aromatic carbocycles. The molecule has 0 aromatic heterocycles. The predicted molar refractivity (Wildman–Crippen MR) is 72.1 cm³/mol. The number of rotatable bonds is 7. The number of nitrogens with two attached hydrogens (primary N) is 1. The Kier molecular flexibility index (Phi) is 6.17. The molecule has 0 atom stereocenters. The van der Waals surface area contributed by atoms with Crippen LogP contribution in [0.1, 0.15) is 17.3 Å². The number of halogens is 2. The molecule has 0 saturated carbocycles. The summed E-state index contributed by atoms with van der Waals surface area (Å²) < 4.78 is 30.1. The van der Waals surface area contributed by atoms with Gasteiger partial charge in [-0.15, -0.1) is 0 Å². The third kappa shape index (κ3) is 4.34. The van der Waals surface area contributed by atoms with E-state index in [0.717, 1.165) is 0 Å². The van der Waals surface area contributed by atoms with Crippen molar-refractivity contribution in [3.8, 4) is 0 Å². The van der Waals surface area contributed by atoms with E-state index in [2.05, 4.69) is 0 Å². The van der Waals surface area contributed by atoms with Crippen LogP contribution in [0.5, 0.6) is 0 Å². The maximum Gasteiger partial charge on any atom is 0.340 e. The van der Waals surface area contributed by atoms with E-state index in [9.17, 15) is 13.6 Å². The number of benzene rings is 1. The summed E-state index contributed by atoms with van der Waals surface area (Å²) >= 11 is 0. The van der Waals surface area contributed by atoms with Crippen molar-refractivity contribution in [2.45, 2.75) is 13.3 Å². The number of nitrogens with zero attached hydrogens (tertiary/aromatic N) is 1. The Labute approximate surface area is 115 Å². The first-order valence-corrected chi connectivity index (χ1v) is 6.20. The van der Waals surface area contributed by atoms with Crippen LogP contribution in [0.3, 0.4) is 0 Å². The van der Waals surface area contributed by atoms with Crippen molar-refractivity contribution in [3.05, 3.63) is 23.8 Å². The quantitative estimate of drug-likeness (QED) is 0.587. The van der Waals surface area contributed by atoms with E-state index in [-0.39, 0.29) is 31.0 Å². The highest BCUT2D eigenvalue weighted by molar-refractivity contribution is 5.97. The van der Waals surface area contributed by atoms with Crippen molar-refractivity contribution in [2.75, 3.05) is 36.9 Å². The maximum atomic E-state index is 12.6. The molecule has 0 heterocycles. The van der Waals surface area contributed by atoms with Gasteiger partial charge in [0.25, 0.3) is 6.43 Å². The molecular formula is C13H18F2N2O3. The van der Waals surface area contributed by atoms with Gasteiger partial charge in [0.1, 0.15) is 0 Å². The smallest absolute Gasteiger partial charge is 0.340 e. The van der Waals surface area contributed by atoms with Gasteiger partial charge in [-0.25, -0.2) is 13.6 Å². The van der Waals surface area contributed by atoms with Crippen LogP contribution in [0, 0.1) is 0 Å². The number of aliphatic hydroxyl groups is 1. The van der Waals surface area contributed by atoms with Gasteiger partial charge in [-0.05, 0) is 25.1 Å². The zero-order chi connectivity index (χ0) is 15.1. The van der Waals surface area contributed by atoms with Crippen LogP contribution < -0.4 is 10.6 Å². The summed E-state index contributed by atoms with van der Waals surface area (Å²) in [6.45, 7) is 0.910. The molecule has 0 saturated heterocycles. The summed E-state index contributed by atoms with van der Waals surface area (Å²) in [5.74, 6) is -0.632. The molecule has 1 rings (SSSR count). The number of hydrogen-bond acceptors (Lipinski definition) is 5. The Bertz CT molecular complexity index is 455. The zero-order valence-corrected chi connectivity index (χ0v) is 11.2. The van der Waals surface area contributed by atoms with Gasteiger partial charge in [0.15, 0.2) is 0 Å². The number of anilines is 2. The number of hydrogen-bond donors (Lipinski definition) is 2. The monoisotopic (exact) mass is 288 g/mol. The molecule has 0 spiro atoms. The maximum absolute atomic E-state index is 12.6. The molecule has 0 radical (unpaired) electrons. The molecule has 0 amide bonds. The molecule has 7 heteroatoms. The molecular weight excluding hydrogens is 270 g/mol.